The van der Waals surface area contributed by atoms with E-state index in [1.165, 1.54) is 30.6 Å². The first-order valence-electron chi connectivity index (χ1n) is 5.71. The molecule has 1 aromatic heterocycles. The van der Waals surface area contributed by atoms with E-state index in [1.807, 2.05) is 0 Å². The van der Waals surface area contributed by atoms with Crippen LogP contribution in [0, 0.1) is 5.82 Å². The number of hydrogen-bond acceptors (Lipinski definition) is 5. The van der Waals surface area contributed by atoms with Crippen molar-refractivity contribution in [1.29, 1.82) is 0 Å². The molecule has 0 saturated carbocycles. The maximum absolute atomic E-state index is 12.7. The molecule has 0 spiro atoms. The summed E-state index contributed by atoms with van der Waals surface area (Å²) >= 11 is 1.24. The second-order valence-corrected chi connectivity index (χ2v) is 4.80. The quantitative estimate of drug-likeness (QED) is 0.741. The van der Waals surface area contributed by atoms with Gasteiger partial charge in [-0.2, -0.15) is 0 Å². The molecule has 0 aliphatic rings. The van der Waals surface area contributed by atoms with Crippen LogP contribution in [0.25, 0.3) is 0 Å². The van der Waals surface area contributed by atoms with E-state index in [4.69, 9.17) is 4.84 Å². The Hall–Kier alpha value is -2.19. The number of carbonyl (C=O) groups is 1. The normalized spacial score (nSPS) is 10.1. The van der Waals surface area contributed by atoms with E-state index in [0.717, 1.165) is 5.56 Å². The summed E-state index contributed by atoms with van der Waals surface area (Å²) in [7, 11) is 1.49. The second kappa shape index (κ2) is 6.83. The van der Waals surface area contributed by atoms with Gasteiger partial charge in [0.1, 0.15) is 10.8 Å². The van der Waals surface area contributed by atoms with E-state index >= 15 is 0 Å². The molecule has 6 nitrogen and oxygen atoms in total. The van der Waals surface area contributed by atoms with Gasteiger partial charge in [-0.15, -0.1) is 0 Å². The average Bonchev–Trinajstić information content (AvgIpc) is 2.86. The van der Waals surface area contributed by atoms with E-state index < -0.39 is 0 Å². The number of aromatic nitrogens is 1. The number of amides is 2. The fourth-order valence-corrected chi connectivity index (χ4v) is 2.09. The summed E-state index contributed by atoms with van der Waals surface area (Å²) in [5, 5.41) is 6.37. The second-order valence-electron chi connectivity index (χ2n) is 3.77. The fraction of sp³-hybridized carbons (Fsp3) is 0.167. The first-order chi connectivity index (χ1) is 9.67. The van der Waals surface area contributed by atoms with E-state index in [-0.39, 0.29) is 11.8 Å². The Kier molecular flexibility index (Phi) is 4.85. The lowest BCUT2D eigenvalue weighted by molar-refractivity contribution is 0.251. The molecule has 0 radical (unpaired) electrons. The summed E-state index contributed by atoms with van der Waals surface area (Å²) in [5.74, 6) is -0.306. The molecule has 2 amide bonds. The van der Waals surface area contributed by atoms with Crippen molar-refractivity contribution in [1.82, 2.24) is 10.3 Å². The van der Waals surface area contributed by atoms with Gasteiger partial charge in [-0.3, -0.25) is 15.6 Å². The molecule has 0 aliphatic heterocycles. The molecule has 0 aliphatic carbocycles. The monoisotopic (exact) mass is 296 g/mol. The molecule has 20 heavy (non-hydrogen) atoms. The molecule has 0 bridgehead atoms. The average molecular weight is 296 g/mol. The third-order valence-electron chi connectivity index (χ3n) is 2.30. The molecule has 0 atom stereocenters. The number of urea groups is 1. The summed E-state index contributed by atoms with van der Waals surface area (Å²) in [6.45, 7) is 0.306. The third-order valence-corrected chi connectivity index (χ3v) is 3.10. The van der Waals surface area contributed by atoms with Crippen LogP contribution in [0.4, 0.5) is 19.3 Å². The third kappa shape index (κ3) is 4.18. The highest BCUT2D eigenvalue weighted by Gasteiger charge is 2.06. The summed E-state index contributed by atoms with van der Waals surface area (Å²) in [5.41, 5.74) is 3.42. The molecular weight excluding hydrogens is 283 g/mol. The highest BCUT2D eigenvalue weighted by atomic mass is 32.1. The van der Waals surface area contributed by atoms with Crippen molar-refractivity contribution in [2.45, 2.75) is 6.54 Å². The number of nitrogens with zero attached hydrogens (tertiary/aromatic N) is 1. The Morgan fingerprint density at radius 3 is 2.85 bits per heavy atom. The molecule has 8 heteroatoms. The van der Waals surface area contributed by atoms with Crippen LogP contribution in [0.5, 0.6) is 0 Å². The molecule has 106 valence electrons. The molecular formula is C12H13FN4O2S. The van der Waals surface area contributed by atoms with Crippen molar-refractivity contribution >= 4 is 27.5 Å². The van der Waals surface area contributed by atoms with Crippen molar-refractivity contribution in [2.24, 2.45) is 0 Å². The number of benzene rings is 1. The molecule has 3 N–H and O–H groups in total. The lowest BCUT2D eigenvalue weighted by Gasteiger charge is -2.05. The van der Waals surface area contributed by atoms with E-state index in [0.29, 0.717) is 16.7 Å². The Balaban J connectivity index is 1.81. The van der Waals surface area contributed by atoms with Gasteiger partial charge in [-0.25, -0.2) is 14.2 Å². The maximum Gasteiger partial charge on any atom is 0.321 e. The number of hydrogen-bond donors (Lipinski definition) is 3. The number of nitrogens with one attached hydrogen (secondary N) is 3. The van der Waals surface area contributed by atoms with Crippen molar-refractivity contribution in [3.05, 3.63) is 41.8 Å². The van der Waals surface area contributed by atoms with Crippen LogP contribution in [-0.4, -0.2) is 18.1 Å². The summed E-state index contributed by atoms with van der Waals surface area (Å²) in [6.07, 6.45) is 1.55. The van der Waals surface area contributed by atoms with Gasteiger partial charge in [-0.1, -0.05) is 23.5 Å². The number of halogens is 1. The molecule has 1 aromatic carbocycles. The molecule has 0 unspecified atom stereocenters. The van der Waals surface area contributed by atoms with Gasteiger partial charge in [0.2, 0.25) is 0 Å². The van der Waals surface area contributed by atoms with Gasteiger partial charge >= 0.3 is 6.03 Å². The Morgan fingerprint density at radius 1 is 1.40 bits per heavy atom. The smallest absolute Gasteiger partial charge is 0.321 e. The van der Waals surface area contributed by atoms with Crippen molar-refractivity contribution in [2.75, 3.05) is 17.9 Å². The van der Waals surface area contributed by atoms with Crippen LogP contribution < -0.4 is 16.1 Å². The standard InChI is InChI=1S/C12H13FN4O2S/c1-19-17-10-7-15-12(20-10)16-11(18)14-6-8-2-4-9(13)5-3-8/h2-5,7,17H,6H2,1H3,(H2,14,15,16,18). The lowest BCUT2D eigenvalue weighted by atomic mass is 10.2. The number of anilines is 2. The van der Waals surface area contributed by atoms with Crippen molar-refractivity contribution < 1.29 is 14.0 Å². The molecule has 2 rings (SSSR count). The van der Waals surface area contributed by atoms with E-state index in [2.05, 4.69) is 21.1 Å². The SMILES string of the molecule is CONc1cnc(NC(=O)NCc2ccc(F)cc2)s1. The van der Waals surface area contributed by atoms with Crippen LogP contribution in [0.2, 0.25) is 0 Å². The van der Waals surface area contributed by atoms with Crippen LogP contribution in [0.1, 0.15) is 5.56 Å². The Morgan fingerprint density at radius 2 is 2.15 bits per heavy atom. The zero-order valence-corrected chi connectivity index (χ0v) is 11.5. The number of carbonyl (C=O) groups excluding carboxylic acids is 1. The first kappa shape index (κ1) is 14.2. The van der Waals surface area contributed by atoms with Crippen LogP contribution in [0.15, 0.2) is 30.5 Å². The van der Waals surface area contributed by atoms with Gasteiger partial charge in [-0.05, 0) is 17.7 Å². The van der Waals surface area contributed by atoms with Gasteiger partial charge < -0.3 is 5.32 Å². The zero-order chi connectivity index (χ0) is 14.4. The van der Waals surface area contributed by atoms with Crippen molar-refractivity contribution in [3.8, 4) is 0 Å². The minimum atomic E-state index is -0.382. The summed E-state index contributed by atoms with van der Waals surface area (Å²) in [6, 6.07) is 5.53. The Bertz CT molecular complexity index is 573. The minimum absolute atomic E-state index is 0.306. The summed E-state index contributed by atoms with van der Waals surface area (Å²) in [4.78, 5) is 20.4. The van der Waals surface area contributed by atoms with Crippen LogP contribution >= 0.6 is 11.3 Å². The molecule has 0 fully saturated rings. The predicted octanol–water partition coefficient (Wildman–Crippen LogP) is 2.58. The van der Waals surface area contributed by atoms with Gasteiger partial charge in [0.15, 0.2) is 5.13 Å². The lowest BCUT2D eigenvalue weighted by Crippen LogP contribution is -2.28. The molecule has 2 aromatic rings. The first-order valence-corrected chi connectivity index (χ1v) is 6.53. The van der Waals surface area contributed by atoms with Crippen molar-refractivity contribution in [3.63, 3.8) is 0 Å². The predicted molar refractivity (Wildman–Crippen MR) is 75.0 cm³/mol. The number of thiazole rings is 1. The van der Waals surface area contributed by atoms with E-state index in [9.17, 15) is 9.18 Å². The minimum Gasteiger partial charge on any atom is -0.334 e. The maximum atomic E-state index is 12.7. The topological polar surface area (TPSA) is 75.3 Å². The number of rotatable bonds is 5. The fourth-order valence-electron chi connectivity index (χ4n) is 1.41. The van der Waals surface area contributed by atoms with E-state index in [1.54, 1.807) is 18.3 Å². The van der Waals surface area contributed by atoms with Gasteiger partial charge in [0.05, 0.1) is 13.3 Å². The highest BCUT2D eigenvalue weighted by Crippen LogP contribution is 2.22. The van der Waals surface area contributed by atoms with Crippen LogP contribution in [-0.2, 0) is 11.4 Å². The van der Waals surface area contributed by atoms with Gasteiger partial charge in [0, 0.05) is 6.54 Å². The van der Waals surface area contributed by atoms with Gasteiger partial charge in [0.25, 0.3) is 0 Å². The highest BCUT2D eigenvalue weighted by molar-refractivity contribution is 7.19. The zero-order valence-electron chi connectivity index (χ0n) is 10.6. The largest absolute Gasteiger partial charge is 0.334 e. The van der Waals surface area contributed by atoms with Crippen LogP contribution in [0.3, 0.4) is 0 Å². The molecule has 0 saturated heterocycles. The Labute approximate surface area is 118 Å². The molecule has 1 heterocycles. The summed E-state index contributed by atoms with van der Waals surface area (Å²) < 4.78 is 12.7.